The molecule has 0 aliphatic carbocycles. The predicted octanol–water partition coefficient (Wildman–Crippen LogP) is 4.60. The molecule has 0 bridgehead atoms. The SMILES string of the molecule is C[C@@H]1CN2C(=N[C@@H](c3ccccn3)[C@H]2c2cccn2-c2ccccc2F)S1. The first-order chi connectivity index (χ1) is 13.2. The Bertz CT molecular complexity index is 1000. The molecular weight excluding hydrogens is 359 g/mol. The van der Waals surface area contributed by atoms with Crippen LogP contribution in [-0.4, -0.2) is 31.4 Å². The summed E-state index contributed by atoms with van der Waals surface area (Å²) < 4.78 is 16.4. The second-order valence-corrected chi connectivity index (χ2v) is 8.30. The molecule has 5 rings (SSSR count). The lowest BCUT2D eigenvalue weighted by Gasteiger charge is -2.28. The molecule has 6 heteroatoms. The van der Waals surface area contributed by atoms with Crippen molar-refractivity contribution < 1.29 is 4.39 Å². The van der Waals surface area contributed by atoms with E-state index in [0.717, 1.165) is 23.1 Å². The molecule has 27 heavy (non-hydrogen) atoms. The lowest BCUT2D eigenvalue weighted by atomic mass is 10.0. The van der Waals surface area contributed by atoms with E-state index in [1.165, 1.54) is 6.07 Å². The maximum Gasteiger partial charge on any atom is 0.160 e. The summed E-state index contributed by atoms with van der Waals surface area (Å²) in [5.74, 6) is -0.229. The van der Waals surface area contributed by atoms with Gasteiger partial charge in [-0.3, -0.25) is 9.98 Å². The highest BCUT2D eigenvalue weighted by Gasteiger charge is 2.44. The van der Waals surface area contributed by atoms with Crippen molar-refractivity contribution in [3.63, 3.8) is 0 Å². The van der Waals surface area contributed by atoms with Gasteiger partial charge in [0, 0.05) is 29.9 Å². The molecule has 1 saturated heterocycles. The lowest BCUT2D eigenvalue weighted by molar-refractivity contribution is 0.312. The average Bonchev–Trinajstić information content (AvgIpc) is 3.36. The third-order valence-corrected chi connectivity index (χ3v) is 6.18. The molecule has 0 N–H and O–H groups in total. The van der Waals surface area contributed by atoms with E-state index in [2.05, 4.69) is 22.9 Å². The normalized spacial score (nSPS) is 24.1. The fourth-order valence-corrected chi connectivity index (χ4v) is 5.03. The van der Waals surface area contributed by atoms with Crippen LogP contribution in [0, 0.1) is 5.82 Å². The number of thioether (sulfide) groups is 1. The second-order valence-electron chi connectivity index (χ2n) is 6.89. The number of hydrogen-bond acceptors (Lipinski definition) is 4. The summed E-state index contributed by atoms with van der Waals surface area (Å²) in [5, 5.41) is 1.55. The Morgan fingerprint density at radius 1 is 1.07 bits per heavy atom. The predicted molar refractivity (Wildman–Crippen MR) is 107 cm³/mol. The maximum absolute atomic E-state index is 14.5. The van der Waals surface area contributed by atoms with E-state index in [1.54, 1.807) is 17.8 Å². The zero-order chi connectivity index (χ0) is 18.4. The number of benzene rings is 1. The van der Waals surface area contributed by atoms with Gasteiger partial charge in [0.2, 0.25) is 0 Å². The molecule has 4 heterocycles. The fraction of sp³-hybridized carbons (Fsp3) is 0.238. The van der Waals surface area contributed by atoms with Gasteiger partial charge < -0.3 is 9.47 Å². The van der Waals surface area contributed by atoms with Crippen LogP contribution in [0.3, 0.4) is 0 Å². The Morgan fingerprint density at radius 3 is 2.74 bits per heavy atom. The molecule has 4 nitrogen and oxygen atoms in total. The standard InChI is InChI=1S/C21H19FN4S/c1-14-13-26-20(19(24-21(26)27-14)16-8-4-5-11-23-16)18-10-6-12-25(18)17-9-3-2-7-15(17)22/h2-12,14,19-20H,13H2,1H3/t14-,19+,20-/m1/s1. The van der Waals surface area contributed by atoms with Gasteiger partial charge in [0.05, 0.1) is 17.4 Å². The van der Waals surface area contributed by atoms with Gasteiger partial charge in [0.15, 0.2) is 5.17 Å². The van der Waals surface area contributed by atoms with Crippen molar-refractivity contribution in [1.82, 2.24) is 14.5 Å². The summed E-state index contributed by atoms with van der Waals surface area (Å²) >= 11 is 1.81. The smallest absolute Gasteiger partial charge is 0.160 e. The van der Waals surface area contributed by atoms with Crippen molar-refractivity contribution in [3.05, 3.63) is 84.2 Å². The Morgan fingerprint density at radius 2 is 1.93 bits per heavy atom. The zero-order valence-electron chi connectivity index (χ0n) is 14.9. The molecular formula is C21H19FN4S. The quantitative estimate of drug-likeness (QED) is 0.668. The third kappa shape index (κ3) is 2.75. The minimum Gasteiger partial charge on any atom is -0.339 e. The number of para-hydroxylation sites is 1. The zero-order valence-corrected chi connectivity index (χ0v) is 15.7. The Balaban J connectivity index is 1.63. The minimum absolute atomic E-state index is 0.00181. The number of pyridine rings is 1. The van der Waals surface area contributed by atoms with Crippen molar-refractivity contribution in [2.45, 2.75) is 24.3 Å². The van der Waals surface area contributed by atoms with E-state index in [9.17, 15) is 4.39 Å². The Labute approximate surface area is 161 Å². The van der Waals surface area contributed by atoms with Crippen molar-refractivity contribution in [2.24, 2.45) is 4.99 Å². The highest BCUT2D eigenvalue weighted by molar-refractivity contribution is 8.14. The molecule has 2 aliphatic heterocycles. The lowest BCUT2D eigenvalue weighted by Crippen LogP contribution is -2.30. The number of aromatic nitrogens is 2. The molecule has 0 radical (unpaired) electrons. The highest BCUT2D eigenvalue weighted by Crippen LogP contribution is 2.47. The van der Waals surface area contributed by atoms with E-state index >= 15 is 0 Å². The van der Waals surface area contributed by atoms with Gasteiger partial charge in [-0.2, -0.15) is 0 Å². The highest BCUT2D eigenvalue weighted by atomic mass is 32.2. The topological polar surface area (TPSA) is 33.4 Å². The molecule has 1 fully saturated rings. The summed E-state index contributed by atoms with van der Waals surface area (Å²) in [7, 11) is 0. The van der Waals surface area contributed by atoms with Gasteiger partial charge in [0.25, 0.3) is 0 Å². The van der Waals surface area contributed by atoms with Gasteiger partial charge in [0.1, 0.15) is 11.9 Å². The van der Waals surface area contributed by atoms with E-state index < -0.39 is 0 Å². The van der Waals surface area contributed by atoms with Crippen molar-refractivity contribution >= 4 is 16.9 Å². The van der Waals surface area contributed by atoms with Crippen LogP contribution in [0.1, 0.15) is 30.4 Å². The number of amidine groups is 1. The largest absolute Gasteiger partial charge is 0.339 e. The van der Waals surface area contributed by atoms with Crippen molar-refractivity contribution in [2.75, 3.05) is 6.54 Å². The Kier molecular flexibility index (Phi) is 4.01. The average molecular weight is 378 g/mol. The first kappa shape index (κ1) is 16.6. The van der Waals surface area contributed by atoms with Gasteiger partial charge in [-0.1, -0.05) is 36.9 Å². The van der Waals surface area contributed by atoms with Crippen LogP contribution < -0.4 is 0 Å². The monoisotopic (exact) mass is 378 g/mol. The van der Waals surface area contributed by atoms with Crippen LogP contribution in [0.4, 0.5) is 4.39 Å². The van der Waals surface area contributed by atoms with Gasteiger partial charge in [-0.25, -0.2) is 4.39 Å². The van der Waals surface area contributed by atoms with Crippen LogP contribution in [0.2, 0.25) is 0 Å². The molecule has 2 aromatic heterocycles. The number of rotatable bonds is 3. The van der Waals surface area contributed by atoms with Crippen LogP contribution in [0.5, 0.6) is 0 Å². The Hall–Kier alpha value is -2.60. The van der Waals surface area contributed by atoms with Gasteiger partial charge >= 0.3 is 0 Å². The summed E-state index contributed by atoms with van der Waals surface area (Å²) in [6, 6.07) is 16.8. The van der Waals surface area contributed by atoms with E-state index in [1.807, 2.05) is 53.4 Å². The second kappa shape index (κ2) is 6.53. The number of fused-ring (bicyclic) bond motifs is 1. The molecule has 0 spiro atoms. The van der Waals surface area contributed by atoms with Crippen LogP contribution in [-0.2, 0) is 0 Å². The molecule has 1 aromatic carbocycles. The molecule has 0 amide bonds. The third-order valence-electron chi connectivity index (χ3n) is 5.08. The molecule has 3 aromatic rings. The first-order valence-corrected chi connectivity index (χ1v) is 9.94. The molecule has 3 atom stereocenters. The first-order valence-electron chi connectivity index (χ1n) is 9.06. The molecule has 0 unspecified atom stereocenters. The van der Waals surface area contributed by atoms with Crippen molar-refractivity contribution in [1.29, 1.82) is 0 Å². The van der Waals surface area contributed by atoms with Crippen LogP contribution in [0.15, 0.2) is 72.0 Å². The molecule has 2 aliphatic rings. The van der Waals surface area contributed by atoms with Crippen LogP contribution >= 0.6 is 11.8 Å². The van der Waals surface area contributed by atoms with Crippen molar-refractivity contribution in [3.8, 4) is 5.69 Å². The number of nitrogens with zero attached hydrogens (tertiary/aromatic N) is 4. The summed E-state index contributed by atoms with van der Waals surface area (Å²) in [6.45, 7) is 3.15. The van der Waals surface area contributed by atoms with Gasteiger partial charge in [-0.05, 0) is 36.4 Å². The number of hydrogen-bond donors (Lipinski definition) is 0. The summed E-state index contributed by atoms with van der Waals surface area (Å²) in [4.78, 5) is 11.9. The number of halogens is 1. The molecule has 136 valence electrons. The van der Waals surface area contributed by atoms with Gasteiger partial charge in [-0.15, -0.1) is 0 Å². The maximum atomic E-state index is 14.5. The number of aliphatic imine (C=N–C) groups is 1. The summed E-state index contributed by atoms with van der Waals surface area (Å²) in [6.07, 6.45) is 3.73. The van der Waals surface area contributed by atoms with E-state index in [-0.39, 0.29) is 17.9 Å². The van der Waals surface area contributed by atoms with Crippen LogP contribution in [0.25, 0.3) is 5.69 Å². The fourth-order valence-electron chi connectivity index (χ4n) is 3.94. The van der Waals surface area contributed by atoms with E-state index in [4.69, 9.17) is 4.99 Å². The molecule has 0 saturated carbocycles. The van der Waals surface area contributed by atoms with E-state index in [0.29, 0.717) is 10.9 Å². The summed E-state index contributed by atoms with van der Waals surface area (Å²) in [5.41, 5.74) is 2.54. The minimum atomic E-state index is -0.229.